The van der Waals surface area contributed by atoms with E-state index in [1.807, 2.05) is 10.9 Å². The molecule has 0 aliphatic carbocycles. The molecule has 2 heterocycles. The first-order chi connectivity index (χ1) is 11.8. The van der Waals surface area contributed by atoms with E-state index in [1.54, 1.807) is 0 Å². The Labute approximate surface area is 144 Å². The van der Waals surface area contributed by atoms with Gasteiger partial charge in [-0.3, -0.25) is 0 Å². The summed E-state index contributed by atoms with van der Waals surface area (Å²) in [4.78, 5) is 0. The second kappa shape index (κ2) is 11.5. The van der Waals surface area contributed by atoms with Gasteiger partial charge < -0.3 is 18.9 Å². The van der Waals surface area contributed by atoms with E-state index in [0.29, 0.717) is 39.0 Å². The van der Waals surface area contributed by atoms with E-state index in [2.05, 4.69) is 24.2 Å². The minimum absolute atomic E-state index is 0.234. The fraction of sp³-hybridized carbons (Fsp3) is 0.882. The Morgan fingerprint density at radius 3 is 2.67 bits per heavy atom. The van der Waals surface area contributed by atoms with Crippen LogP contribution in [0.15, 0.2) is 6.20 Å². The smallest absolute Gasteiger partial charge is 0.108 e. The summed E-state index contributed by atoms with van der Waals surface area (Å²) in [5.74, 6) is 0.570. The van der Waals surface area contributed by atoms with Gasteiger partial charge in [-0.2, -0.15) is 0 Å². The highest BCUT2D eigenvalue weighted by molar-refractivity contribution is 4.90. The van der Waals surface area contributed by atoms with Crippen molar-refractivity contribution in [3.05, 3.63) is 11.9 Å². The van der Waals surface area contributed by atoms with E-state index in [0.717, 1.165) is 38.3 Å². The van der Waals surface area contributed by atoms with Gasteiger partial charge in [0.05, 0.1) is 51.9 Å². The van der Waals surface area contributed by atoms with Crippen molar-refractivity contribution >= 4 is 0 Å². The molecular formula is C17H31N3O4. The fourth-order valence-corrected chi connectivity index (χ4v) is 2.66. The predicted octanol–water partition coefficient (Wildman–Crippen LogP) is 2.05. The Morgan fingerprint density at radius 2 is 1.92 bits per heavy atom. The first-order valence-electron chi connectivity index (χ1n) is 9.03. The summed E-state index contributed by atoms with van der Waals surface area (Å²) in [7, 11) is 0. The second-order valence-electron chi connectivity index (χ2n) is 6.24. The van der Waals surface area contributed by atoms with Crippen LogP contribution >= 0.6 is 0 Å². The average molecular weight is 341 g/mol. The zero-order valence-electron chi connectivity index (χ0n) is 15.0. The van der Waals surface area contributed by atoms with Gasteiger partial charge in [-0.05, 0) is 25.2 Å². The van der Waals surface area contributed by atoms with Crippen molar-refractivity contribution < 1.29 is 18.9 Å². The second-order valence-corrected chi connectivity index (χ2v) is 6.24. The van der Waals surface area contributed by atoms with Crippen LogP contribution in [0.25, 0.3) is 0 Å². The Bertz CT molecular complexity index is 441. The van der Waals surface area contributed by atoms with E-state index in [1.165, 1.54) is 6.42 Å². The Balaban J connectivity index is 1.53. The third-order valence-corrected chi connectivity index (χ3v) is 4.07. The van der Waals surface area contributed by atoms with Gasteiger partial charge in [0.25, 0.3) is 0 Å². The number of rotatable bonds is 12. The van der Waals surface area contributed by atoms with E-state index in [4.69, 9.17) is 18.9 Å². The number of hydrogen-bond acceptors (Lipinski definition) is 6. The van der Waals surface area contributed by atoms with Gasteiger partial charge in [0.2, 0.25) is 0 Å². The maximum atomic E-state index is 5.82. The summed E-state index contributed by atoms with van der Waals surface area (Å²) in [6, 6.07) is 0. The molecule has 7 heteroatoms. The van der Waals surface area contributed by atoms with Crippen LogP contribution in [0, 0.1) is 5.92 Å². The Morgan fingerprint density at radius 1 is 1.17 bits per heavy atom. The first-order valence-corrected chi connectivity index (χ1v) is 9.03. The highest BCUT2D eigenvalue weighted by Crippen LogP contribution is 2.21. The molecule has 0 aromatic carbocycles. The summed E-state index contributed by atoms with van der Waals surface area (Å²) in [6.07, 6.45) is 5.58. The van der Waals surface area contributed by atoms with Crippen LogP contribution in [-0.2, 0) is 32.1 Å². The molecule has 1 fully saturated rings. The van der Waals surface area contributed by atoms with Gasteiger partial charge in [-0.25, -0.2) is 4.68 Å². The summed E-state index contributed by atoms with van der Waals surface area (Å²) in [5.41, 5.74) is 0.838. The molecule has 7 nitrogen and oxygen atoms in total. The molecular weight excluding hydrogens is 310 g/mol. The van der Waals surface area contributed by atoms with E-state index >= 15 is 0 Å². The van der Waals surface area contributed by atoms with Crippen LogP contribution < -0.4 is 0 Å². The van der Waals surface area contributed by atoms with Crippen molar-refractivity contribution in [3.63, 3.8) is 0 Å². The molecule has 2 rings (SSSR count). The zero-order valence-corrected chi connectivity index (χ0v) is 15.0. The summed E-state index contributed by atoms with van der Waals surface area (Å²) >= 11 is 0. The Hall–Kier alpha value is -1.02. The van der Waals surface area contributed by atoms with Gasteiger partial charge in [0.15, 0.2) is 0 Å². The molecule has 1 aromatic rings. The number of hydrogen-bond donors (Lipinski definition) is 0. The molecule has 1 saturated heterocycles. The van der Waals surface area contributed by atoms with Gasteiger partial charge >= 0.3 is 0 Å². The van der Waals surface area contributed by atoms with Crippen molar-refractivity contribution in [2.45, 2.75) is 52.4 Å². The van der Waals surface area contributed by atoms with Crippen LogP contribution in [0.1, 0.15) is 38.8 Å². The lowest BCUT2D eigenvalue weighted by molar-refractivity contribution is -0.0315. The topological polar surface area (TPSA) is 67.6 Å². The predicted molar refractivity (Wildman–Crippen MR) is 89.7 cm³/mol. The first kappa shape index (κ1) is 19.3. The quantitative estimate of drug-likeness (QED) is 0.542. The summed E-state index contributed by atoms with van der Waals surface area (Å²) < 4.78 is 24.0. The van der Waals surface area contributed by atoms with Crippen molar-refractivity contribution in [2.75, 3.05) is 39.6 Å². The number of ether oxygens (including phenoxy) is 4. The Kier molecular flexibility index (Phi) is 9.27. The fourth-order valence-electron chi connectivity index (χ4n) is 2.66. The lowest BCUT2D eigenvalue weighted by Crippen LogP contribution is -2.31. The van der Waals surface area contributed by atoms with Crippen molar-refractivity contribution in [3.8, 4) is 0 Å². The molecule has 138 valence electrons. The van der Waals surface area contributed by atoms with Gasteiger partial charge in [-0.1, -0.05) is 19.1 Å². The molecule has 0 bridgehead atoms. The number of aromatic nitrogens is 3. The molecule has 0 N–H and O–H groups in total. The normalized spacial score (nSPS) is 21.2. The van der Waals surface area contributed by atoms with Crippen LogP contribution in [-0.4, -0.2) is 60.7 Å². The van der Waals surface area contributed by atoms with E-state index in [-0.39, 0.29) is 6.10 Å². The average Bonchev–Trinajstić information content (AvgIpc) is 3.03. The van der Waals surface area contributed by atoms with Crippen LogP contribution in [0.3, 0.4) is 0 Å². The third kappa shape index (κ3) is 7.25. The third-order valence-electron chi connectivity index (χ3n) is 4.07. The van der Waals surface area contributed by atoms with Crippen LogP contribution in [0.5, 0.6) is 0 Å². The standard InChI is InChI=1S/C17H31N3O4/c1-3-6-21-8-9-22-10-11-23-14-16-12-20(19-18-16)13-17-15(2)5-4-7-24-17/h12,15,17H,3-11,13-14H2,1-2H3. The maximum Gasteiger partial charge on any atom is 0.108 e. The summed E-state index contributed by atoms with van der Waals surface area (Å²) in [6.45, 7) is 9.55. The van der Waals surface area contributed by atoms with E-state index in [9.17, 15) is 0 Å². The molecule has 1 aromatic heterocycles. The highest BCUT2D eigenvalue weighted by Gasteiger charge is 2.22. The van der Waals surface area contributed by atoms with Gasteiger partial charge in [-0.15, -0.1) is 5.10 Å². The van der Waals surface area contributed by atoms with Crippen molar-refractivity contribution in [2.24, 2.45) is 5.92 Å². The van der Waals surface area contributed by atoms with Crippen LogP contribution in [0.2, 0.25) is 0 Å². The maximum absolute atomic E-state index is 5.82. The largest absolute Gasteiger partial charge is 0.379 e. The molecule has 1 aliphatic rings. The van der Waals surface area contributed by atoms with Crippen molar-refractivity contribution in [1.82, 2.24) is 15.0 Å². The van der Waals surface area contributed by atoms with Crippen molar-refractivity contribution in [1.29, 1.82) is 0 Å². The lowest BCUT2D eigenvalue weighted by Gasteiger charge is -2.28. The molecule has 0 saturated carbocycles. The monoisotopic (exact) mass is 341 g/mol. The van der Waals surface area contributed by atoms with Crippen LogP contribution in [0.4, 0.5) is 0 Å². The molecule has 0 amide bonds. The van der Waals surface area contributed by atoms with Gasteiger partial charge in [0.1, 0.15) is 5.69 Å². The zero-order chi connectivity index (χ0) is 17.0. The molecule has 24 heavy (non-hydrogen) atoms. The summed E-state index contributed by atoms with van der Waals surface area (Å²) in [5, 5.41) is 8.31. The lowest BCUT2D eigenvalue weighted by atomic mass is 9.96. The van der Waals surface area contributed by atoms with E-state index < -0.39 is 0 Å². The highest BCUT2D eigenvalue weighted by atomic mass is 16.5. The molecule has 1 aliphatic heterocycles. The minimum atomic E-state index is 0.234. The minimum Gasteiger partial charge on any atom is -0.379 e. The van der Waals surface area contributed by atoms with Gasteiger partial charge in [0, 0.05) is 13.2 Å². The molecule has 2 atom stereocenters. The molecule has 2 unspecified atom stereocenters. The molecule has 0 spiro atoms. The SMILES string of the molecule is CCCOCCOCCOCc1cn(CC2OCCCC2C)nn1. The molecule has 0 radical (unpaired) electrons. The number of nitrogens with zero attached hydrogens (tertiary/aromatic N) is 3.